The number of aliphatic carboxylic acids is 1. The monoisotopic (exact) mass is 280 g/mol. The van der Waals surface area contributed by atoms with Crippen molar-refractivity contribution in [3.05, 3.63) is 0 Å². The van der Waals surface area contributed by atoms with Crippen LogP contribution >= 0.6 is 0 Å². The molecule has 0 aromatic carbocycles. The Kier molecular flexibility index (Phi) is 8.13. The van der Waals surface area contributed by atoms with Gasteiger partial charge in [-0.25, -0.2) is 0 Å². The number of carboxylic acids is 1. The van der Waals surface area contributed by atoms with Gasteiger partial charge in [0.15, 0.2) is 0 Å². The molecule has 0 saturated carbocycles. The second kappa shape index (κ2) is 8.44. The highest BCUT2D eigenvalue weighted by atomic mass is 32.2. The summed E-state index contributed by atoms with van der Waals surface area (Å²) in [5.41, 5.74) is 0. The SMILES string of the molecule is CCC[C@H](NS(=O)(=O)N(CCC)CCC)C(=O)O. The maximum atomic E-state index is 12.1. The Morgan fingerprint density at radius 2 is 1.67 bits per heavy atom. The van der Waals surface area contributed by atoms with Gasteiger partial charge in [0.2, 0.25) is 0 Å². The molecular weight excluding hydrogens is 256 g/mol. The predicted octanol–water partition coefficient (Wildman–Crippen LogP) is 1.20. The van der Waals surface area contributed by atoms with Crippen molar-refractivity contribution in [2.24, 2.45) is 0 Å². The minimum Gasteiger partial charge on any atom is -0.480 e. The van der Waals surface area contributed by atoms with Crippen LogP contribution in [0.5, 0.6) is 0 Å². The van der Waals surface area contributed by atoms with Gasteiger partial charge in [0, 0.05) is 13.1 Å². The first kappa shape index (κ1) is 17.3. The Labute approximate surface area is 110 Å². The second-order valence-corrected chi connectivity index (χ2v) is 5.90. The standard InChI is InChI=1S/C11H24N2O4S/c1-4-7-10(11(14)15)12-18(16,17)13(8-5-2)9-6-3/h10,12H,4-9H2,1-3H3,(H,14,15)/t10-/m0/s1. The molecule has 6 nitrogen and oxygen atoms in total. The number of hydrogen-bond acceptors (Lipinski definition) is 3. The molecule has 7 heteroatoms. The molecule has 0 rings (SSSR count). The summed E-state index contributed by atoms with van der Waals surface area (Å²) in [6.07, 6.45) is 2.31. The zero-order valence-electron chi connectivity index (χ0n) is 11.3. The third-order valence-corrected chi connectivity index (χ3v) is 4.08. The first-order valence-corrected chi connectivity index (χ1v) is 7.83. The van der Waals surface area contributed by atoms with Crippen molar-refractivity contribution in [1.82, 2.24) is 9.03 Å². The molecule has 0 bridgehead atoms. The summed E-state index contributed by atoms with van der Waals surface area (Å²) in [4.78, 5) is 11.0. The smallest absolute Gasteiger partial charge is 0.321 e. The quantitative estimate of drug-likeness (QED) is 0.629. The molecule has 0 aliphatic carbocycles. The van der Waals surface area contributed by atoms with Crippen LogP contribution in [0.25, 0.3) is 0 Å². The molecule has 0 saturated heterocycles. The highest BCUT2D eigenvalue weighted by Gasteiger charge is 2.27. The van der Waals surface area contributed by atoms with Gasteiger partial charge in [-0.1, -0.05) is 27.2 Å². The Hall–Kier alpha value is -0.660. The molecule has 0 aliphatic rings. The lowest BCUT2D eigenvalue weighted by molar-refractivity contribution is -0.139. The third kappa shape index (κ3) is 5.79. The van der Waals surface area contributed by atoms with Gasteiger partial charge in [-0.15, -0.1) is 0 Å². The van der Waals surface area contributed by atoms with E-state index >= 15 is 0 Å². The molecule has 18 heavy (non-hydrogen) atoms. The van der Waals surface area contributed by atoms with Crippen molar-refractivity contribution in [2.75, 3.05) is 13.1 Å². The van der Waals surface area contributed by atoms with Crippen LogP contribution < -0.4 is 4.72 Å². The Morgan fingerprint density at radius 3 is 2.00 bits per heavy atom. The fraction of sp³-hybridized carbons (Fsp3) is 0.909. The van der Waals surface area contributed by atoms with E-state index in [9.17, 15) is 13.2 Å². The van der Waals surface area contributed by atoms with Crippen molar-refractivity contribution in [1.29, 1.82) is 0 Å². The van der Waals surface area contributed by atoms with Gasteiger partial charge < -0.3 is 5.11 Å². The molecule has 1 atom stereocenters. The molecule has 0 fully saturated rings. The number of nitrogens with zero attached hydrogens (tertiary/aromatic N) is 1. The molecule has 0 spiro atoms. The van der Waals surface area contributed by atoms with Crippen LogP contribution in [0, 0.1) is 0 Å². The van der Waals surface area contributed by atoms with E-state index in [1.165, 1.54) is 4.31 Å². The van der Waals surface area contributed by atoms with Crippen molar-refractivity contribution >= 4 is 16.2 Å². The molecule has 0 unspecified atom stereocenters. The van der Waals surface area contributed by atoms with Gasteiger partial charge in [-0.3, -0.25) is 4.79 Å². The van der Waals surface area contributed by atoms with Gasteiger partial charge in [-0.05, 0) is 19.3 Å². The Balaban J connectivity index is 4.81. The van der Waals surface area contributed by atoms with Crippen molar-refractivity contribution in [3.8, 4) is 0 Å². The van der Waals surface area contributed by atoms with Crippen LogP contribution in [0.15, 0.2) is 0 Å². The van der Waals surface area contributed by atoms with Gasteiger partial charge in [0.25, 0.3) is 10.2 Å². The summed E-state index contributed by atoms with van der Waals surface area (Å²) in [5, 5.41) is 8.96. The lowest BCUT2D eigenvalue weighted by Crippen LogP contribution is -2.48. The van der Waals surface area contributed by atoms with Crippen LogP contribution in [0.3, 0.4) is 0 Å². The van der Waals surface area contributed by atoms with Gasteiger partial charge in [-0.2, -0.15) is 17.4 Å². The summed E-state index contributed by atoms with van der Waals surface area (Å²) in [7, 11) is -3.71. The average molecular weight is 280 g/mol. The fourth-order valence-corrected chi connectivity index (χ4v) is 3.20. The number of nitrogens with one attached hydrogen (secondary N) is 1. The third-order valence-electron chi connectivity index (χ3n) is 2.45. The molecular formula is C11H24N2O4S. The number of carboxylic acid groups (broad SMARTS) is 1. The topological polar surface area (TPSA) is 86.7 Å². The van der Waals surface area contributed by atoms with E-state index in [0.29, 0.717) is 38.8 Å². The first-order valence-electron chi connectivity index (χ1n) is 6.39. The van der Waals surface area contributed by atoms with E-state index < -0.39 is 22.2 Å². The van der Waals surface area contributed by atoms with E-state index in [1.54, 1.807) is 0 Å². The second-order valence-electron chi connectivity index (χ2n) is 4.20. The van der Waals surface area contributed by atoms with Crippen molar-refractivity contribution in [2.45, 2.75) is 52.5 Å². The molecule has 0 aliphatic heterocycles. The minimum atomic E-state index is -3.71. The molecule has 0 radical (unpaired) electrons. The van der Waals surface area contributed by atoms with E-state index in [2.05, 4.69) is 4.72 Å². The van der Waals surface area contributed by atoms with E-state index in [0.717, 1.165) is 0 Å². The summed E-state index contributed by atoms with van der Waals surface area (Å²) >= 11 is 0. The highest BCUT2D eigenvalue weighted by molar-refractivity contribution is 7.87. The zero-order valence-corrected chi connectivity index (χ0v) is 12.2. The molecule has 0 heterocycles. The fourth-order valence-electron chi connectivity index (χ4n) is 1.63. The van der Waals surface area contributed by atoms with Gasteiger partial charge in [0.05, 0.1) is 0 Å². The zero-order chi connectivity index (χ0) is 14.2. The highest BCUT2D eigenvalue weighted by Crippen LogP contribution is 2.05. The van der Waals surface area contributed by atoms with Crippen molar-refractivity contribution in [3.63, 3.8) is 0 Å². The van der Waals surface area contributed by atoms with E-state index in [1.807, 2.05) is 20.8 Å². The van der Waals surface area contributed by atoms with Crippen molar-refractivity contribution < 1.29 is 18.3 Å². The van der Waals surface area contributed by atoms with E-state index in [4.69, 9.17) is 5.11 Å². The van der Waals surface area contributed by atoms with Crippen LogP contribution in [0.4, 0.5) is 0 Å². The Morgan fingerprint density at radius 1 is 1.17 bits per heavy atom. The summed E-state index contributed by atoms with van der Waals surface area (Å²) < 4.78 is 27.7. The largest absolute Gasteiger partial charge is 0.480 e. The van der Waals surface area contributed by atoms with Crippen LogP contribution in [-0.2, 0) is 15.0 Å². The lowest BCUT2D eigenvalue weighted by Gasteiger charge is -2.23. The molecule has 108 valence electrons. The van der Waals surface area contributed by atoms with Crippen LogP contribution in [0.2, 0.25) is 0 Å². The predicted molar refractivity (Wildman–Crippen MR) is 70.5 cm³/mol. The lowest BCUT2D eigenvalue weighted by atomic mass is 10.2. The number of hydrogen-bond donors (Lipinski definition) is 2. The minimum absolute atomic E-state index is 0.292. The van der Waals surface area contributed by atoms with Crippen LogP contribution in [0.1, 0.15) is 46.5 Å². The normalized spacial score (nSPS) is 13.8. The maximum absolute atomic E-state index is 12.1. The number of carbonyl (C=O) groups is 1. The summed E-state index contributed by atoms with van der Waals surface area (Å²) in [6.45, 7) is 6.40. The Bertz CT molecular complexity index is 337. The molecule has 0 amide bonds. The van der Waals surface area contributed by atoms with Gasteiger partial charge in [0.1, 0.15) is 6.04 Å². The summed E-state index contributed by atoms with van der Waals surface area (Å²) in [5.74, 6) is -1.13. The van der Waals surface area contributed by atoms with Crippen LogP contribution in [-0.4, -0.2) is 42.9 Å². The molecule has 2 N–H and O–H groups in total. The molecule has 0 aromatic rings. The van der Waals surface area contributed by atoms with Gasteiger partial charge >= 0.3 is 5.97 Å². The number of rotatable bonds is 10. The first-order chi connectivity index (χ1) is 8.38. The molecule has 0 aromatic heterocycles. The average Bonchev–Trinajstić information content (AvgIpc) is 2.28. The van der Waals surface area contributed by atoms with E-state index in [-0.39, 0.29) is 0 Å². The summed E-state index contributed by atoms with van der Waals surface area (Å²) in [6, 6.07) is -1.05. The maximum Gasteiger partial charge on any atom is 0.321 e.